The highest BCUT2D eigenvalue weighted by molar-refractivity contribution is 5.94. The smallest absolute Gasteiger partial charge is 0.241 e. The van der Waals surface area contributed by atoms with Gasteiger partial charge < -0.3 is 19.5 Å². The van der Waals surface area contributed by atoms with Gasteiger partial charge in [-0.3, -0.25) is 9.69 Å². The third-order valence-electron chi connectivity index (χ3n) is 4.74. The van der Waals surface area contributed by atoms with Crippen LogP contribution >= 0.6 is 0 Å². The summed E-state index contributed by atoms with van der Waals surface area (Å²) >= 11 is 0. The first-order chi connectivity index (χ1) is 13.4. The molecule has 0 aliphatic carbocycles. The molecule has 0 radical (unpaired) electrons. The van der Waals surface area contributed by atoms with E-state index < -0.39 is 0 Å². The van der Waals surface area contributed by atoms with Gasteiger partial charge in [0.1, 0.15) is 5.75 Å². The van der Waals surface area contributed by atoms with Crippen LogP contribution in [0.4, 0.5) is 5.69 Å². The van der Waals surface area contributed by atoms with E-state index in [4.69, 9.17) is 14.2 Å². The van der Waals surface area contributed by atoms with E-state index in [1.165, 1.54) is 0 Å². The van der Waals surface area contributed by atoms with Crippen LogP contribution in [0.15, 0.2) is 36.4 Å². The molecule has 0 heterocycles. The van der Waals surface area contributed by atoms with Crippen molar-refractivity contribution in [1.82, 2.24) is 4.90 Å². The summed E-state index contributed by atoms with van der Waals surface area (Å²) in [7, 11) is 5.17. The molecule has 1 N–H and O–H groups in total. The number of likely N-dealkylation sites (N-methyl/N-ethyl adjacent to an activating group) is 1. The molecule has 2 rings (SSSR count). The monoisotopic (exact) mass is 386 g/mol. The van der Waals surface area contributed by atoms with Gasteiger partial charge in [0.05, 0.1) is 26.9 Å². The molecule has 0 aliphatic heterocycles. The van der Waals surface area contributed by atoms with Crippen LogP contribution in [-0.4, -0.2) is 44.7 Å². The number of nitrogens with zero attached hydrogens (tertiary/aromatic N) is 1. The molecular formula is C22H30N2O4. The third-order valence-corrected chi connectivity index (χ3v) is 4.74. The number of anilines is 1. The van der Waals surface area contributed by atoms with Gasteiger partial charge >= 0.3 is 0 Å². The van der Waals surface area contributed by atoms with Gasteiger partial charge in [0.15, 0.2) is 11.5 Å². The number of amides is 1. The maximum atomic E-state index is 12.6. The number of carbonyl (C=O) groups is 1. The van der Waals surface area contributed by atoms with Crippen molar-refractivity contribution in [3.8, 4) is 17.2 Å². The van der Waals surface area contributed by atoms with E-state index in [0.717, 1.165) is 22.6 Å². The van der Waals surface area contributed by atoms with Crippen molar-refractivity contribution < 1.29 is 19.0 Å². The molecule has 0 bridgehead atoms. The number of hydrogen-bond acceptors (Lipinski definition) is 5. The van der Waals surface area contributed by atoms with Gasteiger partial charge in [-0.25, -0.2) is 0 Å². The van der Waals surface area contributed by atoms with Crippen LogP contribution in [0.3, 0.4) is 0 Å². The quantitative estimate of drug-likeness (QED) is 0.709. The summed E-state index contributed by atoms with van der Waals surface area (Å²) in [6.45, 7) is 7.08. The van der Waals surface area contributed by atoms with Gasteiger partial charge in [0.25, 0.3) is 0 Å². The number of ether oxygens (including phenoxy) is 3. The minimum Gasteiger partial charge on any atom is -0.494 e. The number of carbonyl (C=O) groups excluding carboxylic acids is 1. The van der Waals surface area contributed by atoms with E-state index in [1.807, 2.05) is 69.1 Å². The van der Waals surface area contributed by atoms with Crippen molar-refractivity contribution in [2.75, 3.05) is 33.2 Å². The van der Waals surface area contributed by atoms with E-state index >= 15 is 0 Å². The Morgan fingerprint density at radius 1 is 1.11 bits per heavy atom. The molecule has 1 atom stereocenters. The highest BCUT2D eigenvalue weighted by Gasteiger charge is 2.20. The van der Waals surface area contributed by atoms with E-state index in [1.54, 1.807) is 14.2 Å². The van der Waals surface area contributed by atoms with Gasteiger partial charge in [-0.15, -0.1) is 0 Å². The second-order valence-electron chi connectivity index (χ2n) is 6.67. The molecule has 1 amide bonds. The Morgan fingerprint density at radius 2 is 1.71 bits per heavy atom. The van der Waals surface area contributed by atoms with Crippen LogP contribution in [0.5, 0.6) is 17.2 Å². The van der Waals surface area contributed by atoms with Gasteiger partial charge in [-0.1, -0.05) is 0 Å². The Labute approximate surface area is 167 Å². The lowest BCUT2D eigenvalue weighted by atomic mass is 10.1. The zero-order valence-electron chi connectivity index (χ0n) is 17.5. The fourth-order valence-corrected chi connectivity index (χ4v) is 2.85. The Morgan fingerprint density at radius 3 is 2.29 bits per heavy atom. The normalized spacial score (nSPS) is 11.8. The summed E-state index contributed by atoms with van der Waals surface area (Å²) in [5, 5.41) is 2.95. The van der Waals surface area contributed by atoms with Gasteiger partial charge in [-0.2, -0.15) is 0 Å². The van der Waals surface area contributed by atoms with Gasteiger partial charge in [0, 0.05) is 12.2 Å². The predicted molar refractivity (Wildman–Crippen MR) is 111 cm³/mol. The first-order valence-corrected chi connectivity index (χ1v) is 9.35. The number of benzene rings is 2. The van der Waals surface area contributed by atoms with Crippen LogP contribution in [0.1, 0.15) is 25.0 Å². The van der Waals surface area contributed by atoms with Crippen molar-refractivity contribution in [2.24, 2.45) is 0 Å². The number of aryl methyl sites for hydroxylation is 1. The molecule has 2 aromatic carbocycles. The fourth-order valence-electron chi connectivity index (χ4n) is 2.85. The molecule has 6 nitrogen and oxygen atoms in total. The maximum absolute atomic E-state index is 12.6. The maximum Gasteiger partial charge on any atom is 0.241 e. The second-order valence-corrected chi connectivity index (χ2v) is 6.67. The van der Waals surface area contributed by atoms with Crippen LogP contribution < -0.4 is 19.5 Å². The summed E-state index contributed by atoms with van der Waals surface area (Å²) in [5.41, 5.74) is 2.92. The minimum atomic E-state index is -0.306. The van der Waals surface area contributed by atoms with E-state index in [0.29, 0.717) is 24.7 Å². The van der Waals surface area contributed by atoms with Crippen LogP contribution in [-0.2, 0) is 11.3 Å². The van der Waals surface area contributed by atoms with E-state index in [9.17, 15) is 4.79 Å². The van der Waals surface area contributed by atoms with E-state index in [2.05, 4.69) is 5.32 Å². The standard InChI is InChI=1S/C22H30N2O4/c1-7-28-19-10-8-18(9-11-19)23-22(25)16(3)24(4)14-17-13-21(27-6)20(26-5)12-15(17)2/h8-13,16H,7,14H2,1-6H3,(H,23,25)/t16-/m1/s1. The van der Waals surface area contributed by atoms with Gasteiger partial charge in [-0.05, 0) is 75.3 Å². The number of rotatable bonds is 9. The Hall–Kier alpha value is -2.73. The first-order valence-electron chi connectivity index (χ1n) is 9.35. The van der Waals surface area contributed by atoms with Crippen molar-refractivity contribution in [3.63, 3.8) is 0 Å². The molecule has 0 saturated heterocycles. The Bertz CT molecular complexity index is 790. The zero-order valence-corrected chi connectivity index (χ0v) is 17.5. The molecule has 0 aliphatic rings. The number of nitrogens with one attached hydrogen (secondary N) is 1. The van der Waals surface area contributed by atoms with Crippen molar-refractivity contribution >= 4 is 11.6 Å². The lowest BCUT2D eigenvalue weighted by molar-refractivity contribution is -0.120. The molecule has 0 aromatic heterocycles. The molecule has 6 heteroatoms. The Balaban J connectivity index is 2.03. The summed E-state index contributed by atoms with van der Waals surface area (Å²) in [6, 6.07) is 11.0. The van der Waals surface area contributed by atoms with Crippen molar-refractivity contribution in [1.29, 1.82) is 0 Å². The van der Waals surface area contributed by atoms with Gasteiger partial charge in [0.2, 0.25) is 5.91 Å². The van der Waals surface area contributed by atoms with Crippen LogP contribution in [0, 0.1) is 6.92 Å². The summed E-state index contributed by atoms with van der Waals surface area (Å²) in [4.78, 5) is 14.6. The minimum absolute atomic E-state index is 0.0650. The second kappa shape index (κ2) is 9.99. The molecule has 0 spiro atoms. The van der Waals surface area contributed by atoms with Crippen molar-refractivity contribution in [3.05, 3.63) is 47.5 Å². The third kappa shape index (κ3) is 5.39. The average molecular weight is 386 g/mol. The molecule has 0 saturated carbocycles. The zero-order chi connectivity index (χ0) is 20.7. The molecule has 0 fully saturated rings. The van der Waals surface area contributed by atoms with Crippen LogP contribution in [0.25, 0.3) is 0 Å². The first kappa shape index (κ1) is 21.6. The summed E-state index contributed by atoms with van der Waals surface area (Å²) < 4.78 is 16.2. The molecular weight excluding hydrogens is 356 g/mol. The summed E-state index contributed by atoms with van der Waals surface area (Å²) in [6.07, 6.45) is 0. The summed E-state index contributed by atoms with van der Waals surface area (Å²) in [5.74, 6) is 2.11. The number of methoxy groups -OCH3 is 2. The molecule has 28 heavy (non-hydrogen) atoms. The largest absolute Gasteiger partial charge is 0.494 e. The lowest BCUT2D eigenvalue weighted by Crippen LogP contribution is -2.39. The average Bonchev–Trinajstić information content (AvgIpc) is 2.70. The highest BCUT2D eigenvalue weighted by atomic mass is 16.5. The molecule has 2 aromatic rings. The lowest BCUT2D eigenvalue weighted by Gasteiger charge is -2.25. The Kier molecular flexibility index (Phi) is 7.70. The topological polar surface area (TPSA) is 60.0 Å². The van der Waals surface area contributed by atoms with Crippen molar-refractivity contribution in [2.45, 2.75) is 33.4 Å². The molecule has 152 valence electrons. The molecule has 0 unspecified atom stereocenters. The highest BCUT2D eigenvalue weighted by Crippen LogP contribution is 2.31. The fraction of sp³-hybridized carbons (Fsp3) is 0.409. The SMILES string of the molecule is CCOc1ccc(NC(=O)[C@@H](C)N(C)Cc2cc(OC)c(OC)cc2C)cc1. The predicted octanol–water partition coefficient (Wildman–Crippen LogP) is 3.87. The van der Waals surface area contributed by atoms with E-state index in [-0.39, 0.29) is 11.9 Å². The van der Waals surface area contributed by atoms with Crippen LogP contribution in [0.2, 0.25) is 0 Å². The number of hydrogen-bond donors (Lipinski definition) is 1.